The fourth-order valence-corrected chi connectivity index (χ4v) is 2.94. The first-order valence-electron chi connectivity index (χ1n) is 6.90. The van der Waals surface area contributed by atoms with Crippen LogP contribution < -0.4 is 4.90 Å². The standard InChI is InChI=1S/C14H17ClN4O2/c1-2-11(10-16)17-6-8-18(9-7-17)14-12(15)4-3-5-13(14)19(20)21/h3-5,11H,2,6-9H2,1H3. The van der Waals surface area contributed by atoms with E-state index < -0.39 is 4.92 Å². The third-order valence-electron chi connectivity index (χ3n) is 3.77. The van der Waals surface area contributed by atoms with Gasteiger partial charge in [0.05, 0.1) is 22.1 Å². The molecule has 1 aliphatic heterocycles. The first-order chi connectivity index (χ1) is 10.1. The zero-order valence-corrected chi connectivity index (χ0v) is 12.6. The molecule has 0 radical (unpaired) electrons. The van der Waals surface area contributed by atoms with Crippen LogP contribution in [-0.4, -0.2) is 42.0 Å². The normalized spacial score (nSPS) is 17.3. The van der Waals surface area contributed by atoms with Gasteiger partial charge in [-0.05, 0) is 12.5 Å². The lowest BCUT2D eigenvalue weighted by molar-refractivity contribution is -0.384. The lowest BCUT2D eigenvalue weighted by Crippen LogP contribution is -2.50. The lowest BCUT2D eigenvalue weighted by Gasteiger charge is -2.37. The van der Waals surface area contributed by atoms with Gasteiger partial charge >= 0.3 is 0 Å². The Hall–Kier alpha value is -1.84. The molecule has 0 amide bonds. The van der Waals surface area contributed by atoms with E-state index in [0.29, 0.717) is 36.9 Å². The predicted octanol–water partition coefficient (Wildman–Crippen LogP) is 2.67. The van der Waals surface area contributed by atoms with Gasteiger partial charge in [0.1, 0.15) is 5.69 Å². The van der Waals surface area contributed by atoms with E-state index in [-0.39, 0.29) is 11.7 Å². The summed E-state index contributed by atoms with van der Waals surface area (Å²) in [6, 6.07) is 6.92. The van der Waals surface area contributed by atoms with Crippen molar-refractivity contribution < 1.29 is 4.92 Å². The third-order valence-corrected chi connectivity index (χ3v) is 4.07. The van der Waals surface area contributed by atoms with Crippen LogP contribution in [0.15, 0.2) is 18.2 Å². The Morgan fingerprint density at radius 2 is 2.10 bits per heavy atom. The summed E-state index contributed by atoms with van der Waals surface area (Å²) in [6.45, 7) is 4.65. The Morgan fingerprint density at radius 3 is 2.62 bits per heavy atom. The largest absolute Gasteiger partial charge is 0.362 e. The van der Waals surface area contributed by atoms with Crippen LogP contribution in [0.25, 0.3) is 0 Å². The zero-order valence-electron chi connectivity index (χ0n) is 11.8. The number of nitro benzene ring substituents is 1. The fourth-order valence-electron chi connectivity index (χ4n) is 2.65. The quantitative estimate of drug-likeness (QED) is 0.631. The first-order valence-corrected chi connectivity index (χ1v) is 7.27. The highest BCUT2D eigenvalue weighted by Gasteiger charge is 2.28. The number of nitro groups is 1. The van der Waals surface area contributed by atoms with E-state index in [4.69, 9.17) is 16.9 Å². The molecule has 7 heteroatoms. The van der Waals surface area contributed by atoms with E-state index in [2.05, 4.69) is 11.0 Å². The molecule has 6 nitrogen and oxygen atoms in total. The van der Waals surface area contributed by atoms with E-state index in [1.807, 2.05) is 11.8 Å². The van der Waals surface area contributed by atoms with Gasteiger partial charge in [-0.3, -0.25) is 15.0 Å². The van der Waals surface area contributed by atoms with Crippen molar-refractivity contribution >= 4 is 23.0 Å². The van der Waals surface area contributed by atoms with Gasteiger partial charge < -0.3 is 4.90 Å². The highest BCUT2D eigenvalue weighted by Crippen LogP contribution is 2.35. The summed E-state index contributed by atoms with van der Waals surface area (Å²) in [4.78, 5) is 14.8. The van der Waals surface area contributed by atoms with Crippen molar-refractivity contribution in [2.45, 2.75) is 19.4 Å². The average Bonchev–Trinajstić information content (AvgIpc) is 2.49. The van der Waals surface area contributed by atoms with Crippen molar-refractivity contribution in [2.24, 2.45) is 0 Å². The van der Waals surface area contributed by atoms with E-state index in [1.54, 1.807) is 12.1 Å². The summed E-state index contributed by atoms with van der Waals surface area (Å²) in [5.74, 6) is 0. The monoisotopic (exact) mass is 308 g/mol. The van der Waals surface area contributed by atoms with Crippen LogP contribution in [0.5, 0.6) is 0 Å². The summed E-state index contributed by atoms with van der Waals surface area (Å²) in [6.07, 6.45) is 0.780. The maximum atomic E-state index is 11.1. The molecule has 0 spiro atoms. The van der Waals surface area contributed by atoms with Crippen molar-refractivity contribution in [3.63, 3.8) is 0 Å². The van der Waals surface area contributed by atoms with Gasteiger partial charge in [0.15, 0.2) is 0 Å². The van der Waals surface area contributed by atoms with Crippen LogP contribution in [-0.2, 0) is 0 Å². The Morgan fingerprint density at radius 1 is 1.43 bits per heavy atom. The van der Waals surface area contributed by atoms with Crippen LogP contribution in [0.4, 0.5) is 11.4 Å². The number of halogens is 1. The van der Waals surface area contributed by atoms with Gasteiger partial charge in [-0.25, -0.2) is 0 Å². The summed E-state index contributed by atoms with van der Waals surface area (Å²) in [5, 5.41) is 20.6. The number of hydrogen-bond donors (Lipinski definition) is 0. The van der Waals surface area contributed by atoms with Gasteiger partial charge in [0.25, 0.3) is 5.69 Å². The number of nitriles is 1. The van der Waals surface area contributed by atoms with Gasteiger partial charge in [-0.1, -0.05) is 24.6 Å². The molecule has 1 aromatic carbocycles. The molecule has 0 saturated carbocycles. The average molecular weight is 309 g/mol. The molecule has 1 atom stereocenters. The molecule has 1 saturated heterocycles. The van der Waals surface area contributed by atoms with Crippen molar-refractivity contribution in [1.82, 2.24) is 4.90 Å². The summed E-state index contributed by atoms with van der Waals surface area (Å²) >= 11 is 6.15. The topological polar surface area (TPSA) is 73.4 Å². The van der Waals surface area contributed by atoms with Gasteiger partial charge in [0, 0.05) is 32.2 Å². The lowest BCUT2D eigenvalue weighted by atomic mass is 10.1. The second kappa shape index (κ2) is 6.74. The maximum absolute atomic E-state index is 11.1. The molecule has 112 valence electrons. The minimum atomic E-state index is -0.405. The molecule has 1 aliphatic rings. The summed E-state index contributed by atoms with van der Waals surface area (Å²) in [7, 11) is 0. The van der Waals surface area contributed by atoms with Crippen molar-refractivity contribution in [3.05, 3.63) is 33.3 Å². The Kier molecular flexibility index (Phi) is 4.99. The second-order valence-corrected chi connectivity index (χ2v) is 5.35. The molecule has 1 aromatic rings. The number of para-hydroxylation sites is 1. The van der Waals surface area contributed by atoms with Crippen LogP contribution in [0.1, 0.15) is 13.3 Å². The predicted molar refractivity (Wildman–Crippen MR) is 81.6 cm³/mol. The van der Waals surface area contributed by atoms with Crippen molar-refractivity contribution in [2.75, 3.05) is 31.1 Å². The molecular formula is C14H17ClN4O2. The zero-order chi connectivity index (χ0) is 15.4. The second-order valence-electron chi connectivity index (χ2n) is 4.94. The van der Waals surface area contributed by atoms with Gasteiger partial charge in [-0.2, -0.15) is 5.26 Å². The summed E-state index contributed by atoms with van der Waals surface area (Å²) in [5.41, 5.74) is 0.511. The van der Waals surface area contributed by atoms with Crippen molar-refractivity contribution in [1.29, 1.82) is 5.26 Å². The minimum Gasteiger partial charge on any atom is -0.362 e. The van der Waals surface area contributed by atoms with Gasteiger partial charge in [0.2, 0.25) is 0 Å². The number of nitrogens with zero attached hydrogens (tertiary/aromatic N) is 4. The van der Waals surface area contributed by atoms with E-state index in [1.165, 1.54) is 6.07 Å². The van der Waals surface area contributed by atoms with Gasteiger partial charge in [-0.15, -0.1) is 0 Å². The van der Waals surface area contributed by atoms with Crippen LogP contribution in [0, 0.1) is 21.4 Å². The molecule has 2 rings (SSSR count). The number of hydrogen-bond acceptors (Lipinski definition) is 5. The molecule has 1 unspecified atom stereocenters. The smallest absolute Gasteiger partial charge is 0.294 e. The Labute approximate surface area is 128 Å². The molecule has 0 N–H and O–H groups in total. The third kappa shape index (κ3) is 3.26. The molecule has 0 aromatic heterocycles. The van der Waals surface area contributed by atoms with Crippen LogP contribution >= 0.6 is 11.6 Å². The van der Waals surface area contributed by atoms with Crippen molar-refractivity contribution in [3.8, 4) is 6.07 Å². The molecule has 1 fully saturated rings. The molecule has 21 heavy (non-hydrogen) atoms. The SMILES string of the molecule is CCC(C#N)N1CCN(c2c(Cl)cccc2[N+](=O)[O-])CC1. The van der Waals surface area contributed by atoms with Crippen LogP contribution in [0.3, 0.4) is 0 Å². The first kappa shape index (κ1) is 15.5. The highest BCUT2D eigenvalue weighted by molar-refractivity contribution is 6.33. The molecule has 1 heterocycles. The molecule has 0 bridgehead atoms. The molecule has 0 aliphatic carbocycles. The number of rotatable bonds is 4. The Bertz CT molecular complexity index is 565. The van der Waals surface area contributed by atoms with E-state index in [0.717, 1.165) is 6.42 Å². The highest BCUT2D eigenvalue weighted by atomic mass is 35.5. The number of piperazine rings is 1. The Balaban J connectivity index is 2.17. The maximum Gasteiger partial charge on any atom is 0.294 e. The fraction of sp³-hybridized carbons (Fsp3) is 0.500. The van der Waals surface area contributed by atoms with Crippen LogP contribution in [0.2, 0.25) is 5.02 Å². The summed E-state index contributed by atoms with van der Waals surface area (Å²) < 4.78 is 0. The van der Waals surface area contributed by atoms with E-state index >= 15 is 0 Å². The minimum absolute atomic E-state index is 0.0308. The molecular weight excluding hydrogens is 292 g/mol. The number of benzene rings is 1. The number of anilines is 1. The van der Waals surface area contributed by atoms with E-state index in [9.17, 15) is 10.1 Å².